The highest BCUT2D eigenvalue weighted by Crippen LogP contribution is 2.19. The molecule has 1 aliphatic rings. The molecule has 5 heteroatoms. The van der Waals surface area contributed by atoms with Crippen molar-refractivity contribution in [2.75, 3.05) is 39.0 Å². The van der Waals surface area contributed by atoms with Crippen LogP contribution >= 0.6 is 0 Å². The highest BCUT2D eigenvalue weighted by Gasteiger charge is 2.12. The molecule has 0 unspecified atom stereocenters. The summed E-state index contributed by atoms with van der Waals surface area (Å²) in [6, 6.07) is 5.11. The highest BCUT2D eigenvalue weighted by molar-refractivity contribution is 5.99. The largest absolute Gasteiger partial charge is 0.497 e. The van der Waals surface area contributed by atoms with E-state index in [0.717, 1.165) is 13.0 Å². The molecule has 0 spiro atoms. The molecule has 20 heavy (non-hydrogen) atoms. The van der Waals surface area contributed by atoms with E-state index in [-0.39, 0.29) is 5.91 Å². The molecule has 1 aliphatic heterocycles. The number of nitrogens with two attached hydrogens (primary N) is 1. The van der Waals surface area contributed by atoms with Gasteiger partial charge in [0.1, 0.15) is 5.75 Å². The number of nitrogens with zero attached hydrogens (tertiary/aromatic N) is 1. The third kappa shape index (κ3) is 3.87. The van der Waals surface area contributed by atoms with E-state index in [1.807, 2.05) is 0 Å². The van der Waals surface area contributed by atoms with Crippen molar-refractivity contribution in [3.8, 4) is 5.75 Å². The van der Waals surface area contributed by atoms with Crippen LogP contribution < -0.4 is 15.8 Å². The fourth-order valence-corrected chi connectivity index (χ4v) is 2.47. The highest BCUT2D eigenvalue weighted by atomic mass is 16.5. The molecule has 0 atom stereocenters. The van der Waals surface area contributed by atoms with E-state index >= 15 is 0 Å². The van der Waals surface area contributed by atoms with Gasteiger partial charge < -0.3 is 20.7 Å². The predicted octanol–water partition coefficient (Wildman–Crippen LogP) is 1.49. The van der Waals surface area contributed by atoms with E-state index in [1.54, 1.807) is 25.3 Å². The standard InChI is InChI=1S/C15H23N3O2/c1-20-12-5-6-14(16)13(11-12)15(19)17-7-4-10-18-8-2-3-9-18/h5-6,11H,2-4,7-10,16H2,1H3,(H,17,19). The molecule has 1 aromatic carbocycles. The van der Waals surface area contributed by atoms with Gasteiger partial charge in [-0.15, -0.1) is 0 Å². The molecule has 0 radical (unpaired) electrons. The van der Waals surface area contributed by atoms with Crippen molar-refractivity contribution in [3.05, 3.63) is 23.8 Å². The predicted molar refractivity (Wildman–Crippen MR) is 80.0 cm³/mol. The van der Waals surface area contributed by atoms with Gasteiger partial charge in [-0.3, -0.25) is 4.79 Å². The van der Waals surface area contributed by atoms with E-state index in [2.05, 4.69) is 10.2 Å². The van der Waals surface area contributed by atoms with Gasteiger partial charge in [0.05, 0.1) is 12.7 Å². The normalized spacial score (nSPS) is 15.2. The lowest BCUT2D eigenvalue weighted by Crippen LogP contribution is -2.29. The van der Waals surface area contributed by atoms with Gasteiger partial charge in [0.15, 0.2) is 0 Å². The van der Waals surface area contributed by atoms with Gasteiger partial charge in [-0.2, -0.15) is 0 Å². The zero-order chi connectivity index (χ0) is 14.4. The first-order valence-electron chi connectivity index (χ1n) is 7.15. The fraction of sp³-hybridized carbons (Fsp3) is 0.533. The maximum Gasteiger partial charge on any atom is 0.253 e. The van der Waals surface area contributed by atoms with Crippen LogP contribution in [0.25, 0.3) is 0 Å². The number of likely N-dealkylation sites (tertiary alicyclic amines) is 1. The van der Waals surface area contributed by atoms with Crippen LogP contribution in [0.5, 0.6) is 5.75 Å². The maximum absolute atomic E-state index is 12.1. The van der Waals surface area contributed by atoms with E-state index in [0.29, 0.717) is 23.5 Å². The summed E-state index contributed by atoms with van der Waals surface area (Å²) in [7, 11) is 1.57. The van der Waals surface area contributed by atoms with Gasteiger partial charge in [0.2, 0.25) is 0 Å². The van der Waals surface area contributed by atoms with Gasteiger partial charge in [-0.1, -0.05) is 0 Å². The van der Waals surface area contributed by atoms with Crippen LogP contribution in [0.4, 0.5) is 5.69 Å². The molecule has 1 heterocycles. The third-order valence-electron chi connectivity index (χ3n) is 3.64. The average molecular weight is 277 g/mol. The number of amides is 1. The number of hydrogen-bond donors (Lipinski definition) is 2. The molecule has 0 aromatic heterocycles. The second-order valence-electron chi connectivity index (χ2n) is 5.11. The minimum Gasteiger partial charge on any atom is -0.497 e. The van der Waals surface area contributed by atoms with Crippen molar-refractivity contribution < 1.29 is 9.53 Å². The summed E-state index contributed by atoms with van der Waals surface area (Å²) in [5, 5.41) is 2.91. The summed E-state index contributed by atoms with van der Waals surface area (Å²) >= 11 is 0. The first kappa shape index (κ1) is 14.7. The first-order valence-corrected chi connectivity index (χ1v) is 7.15. The van der Waals surface area contributed by atoms with Crippen molar-refractivity contribution in [2.24, 2.45) is 0 Å². The molecule has 0 saturated carbocycles. The monoisotopic (exact) mass is 277 g/mol. The Morgan fingerprint density at radius 2 is 2.15 bits per heavy atom. The summed E-state index contributed by atoms with van der Waals surface area (Å²) < 4.78 is 5.11. The number of benzene rings is 1. The Labute approximate surface area is 120 Å². The molecular weight excluding hydrogens is 254 g/mol. The third-order valence-corrected chi connectivity index (χ3v) is 3.64. The zero-order valence-electron chi connectivity index (χ0n) is 12.0. The molecule has 1 amide bonds. The summed E-state index contributed by atoms with van der Waals surface area (Å²) in [5.74, 6) is 0.504. The number of nitrogens with one attached hydrogen (secondary N) is 1. The fourth-order valence-electron chi connectivity index (χ4n) is 2.47. The lowest BCUT2D eigenvalue weighted by atomic mass is 10.1. The van der Waals surface area contributed by atoms with E-state index in [4.69, 9.17) is 10.5 Å². The summed E-state index contributed by atoms with van der Waals surface area (Å²) in [4.78, 5) is 14.5. The minimum absolute atomic E-state index is 0.136. The van der Waals surface area contributed by atoms with Crippen molar-refractivity contribution >= 4 is 11.6 Å². The van der Waals surface area contributed by atoms with Gasteiger partial charge in [0, 0.05) is 12.2 Å². The number of carbonyl (C=O) groups is 1. The Morgan fingerprint density at radius 3 is 2.85 bits per heavy atom. The Balaban J connectivity index is 1.79. The number of hydrogen-bond acceptors (Lipinski definition) is 4. The van der Waals surface area contributed by atoms with Crippen LogP contribution in [-0.2, 0) is 0 Å². The number of ether oxygens (including phenoxy) is 1. The topological polar surface area (TPSA) is 67.6 Å². The average Bonchev–Trinajstić information content (AvgIpc) is 2.97. The van der Waals surface area contributed by atoms with Crippen LogP contribution in [-0.4, -0.2) is 44.1 Å². The zero-order valence-corrected chi connectivity index (χ0v) is 12.0. The molecule has 1 fully saturated rings. The quantitative estimate of drug-likeness (QED) is 0.611. The summed E-state index contributed by atoms with van der Waals surface area (Å²) in [6.07, 6.45) is 3.56. The van der Waals surface area contributed by atoms with Crippen molar-refractivity contribution in [3.63, 3.8) is 0 Å². The number of rotatable bonds is 6. The smallest absolute Gasteiger partial charge is 0.253 e. The molecule has 110 valence electrons. The Morgan fingerprint density at radius 1 is 1.40 bits per heavy atom. The summed E-state index contributed by atoms with van der Waals surface area (Å²) in [6.45, 7) is 4.10. The van der Waals surface area contributed by atoms with Crippen LogP contribution in [0.1, 0.15) is 29.6 Å². The molecule has 5 nitrogen and oxygen atoms in total. The van der Waals surface area contributed by atoms with Crippen LogP contribution in [0, 0.1) is 0 Å². The Hall–Kier alpha value is -1.75. The van der Waals surface area contributed by atoms with Gasteiger partial charge in [-0.25, -0.2) is 0 Å². The van der Waals surface area contributed by atoms with Crippen LogP contribution in [0.3, 0.4) is 0 Å². The minimum atomic E-state index is -0.136. The van der Waals surface area contributed by atoms with E-state index < -0.39 is 0 Å². The Kier molecular flexibility index (Phi) is 5.24. The second-order valence-corrected chi connectivity index (χ2v) is 5.11. The molecule has 1 saturated heterocycles. The van der Waals surface area contributed by atoms with Gasteiger partial charge in [-0.05, 0) is 57.1 Å². The summed E-state index contributed by atoms with van der Waals surface area (Å²) in [5.41, 5.74) is 6.78. The number of carbonyl (C=O) groups excluding carboxylic acids is 1. The molecule has 0 bridgehead atoms. The molecule has 1 aromatic rings. The van der Waals surface area contributed by atoms with Crippen molar-refractivity contribution in [2.45, 2.75) is 19.3 Å². The maximum atomic E-state index is 12.1. The number of methoxy groups -OCH3 is 1. The van der Waals surface area contributed by atoms with E-state index in [9.17, 15) is 4.79 Å². The number of nitrogen functional groups attached to an aromatic ring is 1. The second kappa shape index (κ2) is 7.14. The molecule has 2 rings (SSSR count). The van der Waals surface area contributed by atoms with Crippen molar-refractivity contribution in [1.82, 2.24) is 10.2 Å². The van der Waals surface area contributed by atoms with Crippen LogP contribution in [0.2, 0.25) is 0 Å². The van der Waals surface area contributed by atoms with Crippen molar-refractivity contribution in [1.29, 1.82) is 0 Å². The Bertz CT molecular complexity index is 456. The molecule has 0 aliphatic carbocycles. The van der Waals surface area contributed by atoms with Gasteiger partial charge >= 0.3 is 0 Å². The lowest BCUT2D eigenvalue weighted by Gasteiger charge is -2.14. The SMILES string of the molecule is COc1ccc(N)c(C(=O)NCCCN2CCCC2)c1. The van der Waals surface area contributed by atoms with Crippen LogP contribution in [0.15, 0.2) is 18.2 Å². The van der Waals surface area contributed by atoms with Gasteiger partial charge in [0.25, 0.3) is 5.91 Å². The molecule has 3 N–H and O–H groups in total. The van der Waals surface area contributed by atoms with E-state index in [1.165, 1.54) is 25.9 Å². The lowest BCUT2D eigenvalue weighted by molar-refractivity contribution is 0.0952. The molecular formula is C15H23N3O2. The number of anilines is 1. The first-order chi connectivity index (χ1) is 9.70.